The van der Waals surface area contributed by atoms with Gasteiger partial charge in [-0.05, 0) is 26.0 Å². The molecule has 0 aliphatic carbocycles. The van der Waals surface area contributed by atoms with Crippen molar-refractivity contribution in [2.75, 3.05) is 31.2 Å². The average molecular weight is 370 g/mol. The molecule has 1 heterocycles. The van der Waals surface area contributed by atoms with E-state index in [-0.39, 0.29) is 29.4 Å². The monoisotopic (exact) mass is 369 g/mol. The van der Waals surface area contributed by atoms with Crippen LogP contribution in [0.3, 0.4) is 0 Å². The zero-order chi connectivity index (χ0) is 18.6. The molecule has 1 saturated heterocycles. The molecule has 0 saturated carbocycles. The lowest BCUT2D eigenvalue weighted by Crippen LogP contribution is -2.47. The van der Waals surface area contributed by atoms with E-state index in [0.717, 1.165) is 12.1 Å². The van der Waals surface area contributed by atoms with Gasteiger partial charge in [0.05, 0.1) is 35.6 Å². The van der Waals surface area contributed by atoms with Crippen LogP contribution in [0.4, 0.5) is 14.9 Å². The van der Waals surface area contributed by atoms with E-state index < -0.39 is 23.9 Å². The third-order valence-corrected chi connectivity index (χ3v) is 3.73. The smallest absolute Gasteiger partial charge is 0.339 e. The first-order valence-corrected chi connectivity index (χ1v) is 7.99. The molecule has 1 aromatic rings. The number of ether oxygens (including phenoxy) is 2. The molecule has 0 radical (unpaired) electrons. The summed E-state index contributed by atoms with van der Waals surface area (Å²) in [7, 11) is 0. The van der Waals surface area contributed by atoms with Gasteiger partial charge in [0, 0.05) is 13.1 Å². The predicted octanol–water partition coefficient (Wildman–Crippen LogP) is 2.78. The molecule has 134 valence electrons. The highest BCUT2D eigenvalue weighted by Crippen LogP contribution is 2.28. The fraction of sp³-hybridized carbons (Fsp3) is 0.438. The standard InChI is InChI=1S/C16H17ClFN3O4/c1-10(2)25-15(22)11-7-14(13(18)8-12(11)17)21(9-19)16(23)20-3-5-24-6-4-20/h7-8,10H,3-6H2,1-2H3. The molecule has 0 spiro atoms. The summed E-state index contributed by atoms with van der Waals surface area (Å²) < 4.78 is 24.5. The molecular weight excluding hydrogens is 353 g/mol. The maximum atomic E-state index is 14.3. The van der Waals surface area contributed by atoms with Crippen molar-refractivity contribution in [2.24, 2.45) is 0 Å². The minimum atomic E-state index is -0.894. The van der Waals surface area contributed by atoms with Crippen LogP contribution in [0.1, 0.15) is 24.2 Å². The maximum absolute atomic E-state index is 14.3. The lowest BCUT2D eigenvalue weighted by Gasteiger charge is -2.29. The number of carbonyl (C=O) groups excluding carboxylic acids is 2. The fourth-order valence-electron chi connectivity index (χ4n) is 2.24. The first-order valence-electron chi connectivity index (χ1n) is 7.61. The summed E-state index contributed by atoms with van der Waals surface area (Å²) in [6.07, 6.45) is 1.25. The molecule has 9 heteroatoms. The summed E-state index contributed by atoms with van der Waals surface area (Å²) in [5.74, 6) is -1.66. The molecule has 0 bridgehead atoms. The Morgan fingerprint density at radius 3 is 2.60 bits per heavy atom. The second-order valence-corrected chi connectivity index (χ2v) is 5.96. The lowest BCUT2D eigenvalue weighted by molar-refractivity contribution is 0.0378. The highest BCUT2D eigenvalue weighted by Gasteiger charge is 2.28. The Kier molecular flexibility index (Phi) is 6.17. The van der Waals surface area contributed by atoms with E-state index in [1.54, 1.807) is 20.0 Å². The fourth-order valence-corrected chi connectivity index (χ4v) is 2.47. The van der Waals surface area contributed by atoms with Gasteiger partial charge in [-0.15, -0.1) is 0 Å². The lowest BCUT2D eigenvalue weighted by atomic mass is 10.1. The number of anilines is 1. The number of rotatable bonds is 3. The van der Waals surface area contributed by atoms with Crippen LogP contribution in [0.15, 0.2) is 12.1 Å². The quantitative estimate of drug-likeness (QED) is 0.465. The number of nitrogens with zero attached hydrogens (tertiary/aromatic N) is 3. The number of hydrogen-bond acceptors (Lipinski definition) is 5. The summed E-state index contributed by atoms with van der Waals surface area (Å²) in [5.41, 5.74) is -0.485. The second-order valence-electron chi connectivity index (χ2n) is 5.55. The zero-order valence-electron chi connectivity index (χ0n) is 13.8. The largest absolute Gasteiger partial charge is 0.459 e. The Balaban J connectivity index is 2.36. The van der Waals surface area contributed by atoms with E-state index in [4.69, 9.17) is 21.1 Å². The average Bonchev–Trinajstić information content (AvgIpc) is 2.57. The number of amides is 2. The van der Waals surface area contributed by atoms with Gasteiger partial charge in [-0.3, -0.25) is 0 Å². The predicted molar refractivity (Wildman–Crippen MR) is 87.8 cm³/mol. The van der Waals surface area contributed by atoms with Crippen LogP contribution in [-0.4, -0.2) is 49.3 Å². The van der Waals surface area contributed by atoms with Gasteiger partial charge in [0.25, 0.3) is 0 Å². The SMILES string of the molecule is CC(C)OC(=O)c1cc(N(C#N)C(=O)N2CCOCC2)c(F)cc1Cl. The van der Waals surface area contributed by atoms with Crippen LogP contribution in [-0.2, 0) is 9.47 Å². The van der Waals surface area contributed by atoms with Crippen LogP contribution in [0, 0.1) is 17.3 Å². The van der Waals surface area contributed by atoms with E-state index in [9.17, 15) is 19.2 Å². The molecule has 7 nitrogen and oxygen atoms in total. The molecule has 0 N–H and O–H groups in total. The van der Waals surface area contributed by atoms with Crippen LogP contribution in [0.2, 0.25) is 5.02 Å². The van der Waals surface area contributed by atoms with Crippen molar-refractivity contribution in [3.63, 3.8) is 0 Å². The number of hydrogen-bond donors (Lipinski definition) is 0. The molecule has 1 fully saturated rings. The molecular formula is C16H17ClFN3O4. The molecule has 0 aromatic heterocycles. The number of halogens is 2. The maximum Gasteiger partial charge on any atom is 0.339 e. The van der Waals surface area contributed by atoms with Crippen molar-refractivity contribution in [2.45, 2.75) is 20.0 Å². The molecule has 1 aromatic carbocycles. The van der Waals surface area contributed by atoms with Crippen LogP contribution < -0.4 is 4.90 Å². The van der Waals surface area contributed by atoms with E-state index in [1.807, 2.05) is 0 Å². The summed E-state index contributed by atoms with van der Waals surface area (Å²) in [6, 6.07) is 1.23. The van der Waals surface area contributed by atoms with Crippen molar-refractivity contribution < 1.29 is 23.5 Å². The summed E-state index contributed by atoms with van der Waals surface area (Å²) in [6.45, 7) is 4.54. The van der Waals surface area contributed by atoms with Gasteiger partial charge in [0.15, 0.2) is 6.19 Å². The number of benzene rings is 1. The number of carbonyl (C=O) groups is 2. The second kappa shape index (κ2) is 8.14. The highest BCUT2D eigenvalue weighted by atomic mass is 35.5. The van der Waals surface area contributed by atoms with Gasteiger partial charge in [0.1, 0.15) is 5.82 Å². The first kappa shape index (κ1) is 19.0. The number of esters is 1. The Hall–Kier alpha value is -2.37. The van der Waals surface area contributed by atoms with Gasteiger partial charge in [0.2, 0.25) is 0 Å². The Labute approximate surface area is 149 Å². The van der Waals surface area contributed by atoms with Crippen molar-refractivity contribution >= 4 is 29.3 Å². The Bertz CT molecular complexity index is 714. The van der Waals surface area contributed by atoms with Gasteiger partial charge >= 0.3 is 12.0 Å². The molecule has 2 amide bonds. The van der Waals surface area contributed by atoms with Crippen molar-refractivity contribution in [1.29, 1.82) is 5.26 Å². The highest BCUT2D eigenvalue weighted by molar-refractivity contribution is 6.33. The third-order valence-electron chi connectivity index (χ3n) is 3.41. The number of nitriles is 1. The topological polar surface area (TPSA) is 82.9 Å². The van der Waals surface area contributed by atoms with Crippen LogP contribution >= 0.6 is 11.6 Å². The van der Waals surface area contributed by atoms with E-state index >= 15 is 0 Å². The van der Waals surface area contributed by atoms with Gasteiger partial charge in [-0.1, -0.05) is 11.6 Å². The minimum Gasteiger partial charge on any atom is -0.459 e. The summed E-state index contributed by atoms with van der Waals surface area (Å²) >= 11 is 5.90. The summed E-state index contributed by atoms with van der Waals surface area (Å²) in [4.78, 5) is 26.5. The molecule has 0 atom stereocenters. The molecule has 0 unspecified atom stereocenters. The van der Waals surface area contributed by atoms with Crippen molar-refractivity contribution in [1.82, 2.24) is 4.90 Å². The number of urea groups is 1. The van der Waals surface area contributed by atoms with Crippen molar-refractivity contribution in [3.8, 4) is 6.19 Å². The molecule has 1 aliphatic heterocycles. The minimum absolute atomic E-state index is 0.123. The molecule has 25 heavy (non-hydrogen) atoms. The van der Waals surface area contributed by atoms with Crippen LogP contribution in [0.25, 0.3) is 0 Å². The first-order chi connectivity index (χ1) is 11.8. The Morgan fingerprint density at radius 1 is 1.40 bits per heavy atom. The van der Waals surface area contributed by atoms with E-state index in [1.165, 1.54) is 4.90 Å². The Morgan fingerprint density at radius 2 is 2.04 bits per heavy atom. The molecule has 1 aliphatic rings. The van der Waals surface area contributed by atoms with E-state index in [0.29, 0.717) is 18.1 Å². The van der Waals surface area contributed by atoms with Crippen molar-refractivity contribution in [3.05, 3.63) is 28.5 Å². The zero-order valence-corrected chi connectivity index (χ0v) is 14.5. The normalized spacial score (nSPS) is 14.2. The van der Waals surface area contributed by atoms with Crippen LogP contribution in [0.5, 0.6) is 0 Å². The van der Waals surface area contributed by atoms with Gasteiger partial charge in [-0.25, -0.2) is 14.0 Å². The van der Waals surface area contributed by atoms with Gasteiger partial charge in [-0.2, -0.15) is 10.2 Å². The third kappa shape index (κ3) is 4.38. The van der Waals surface area contributed by atoms with E-state index in [2.05, 4.69) is 0 Å². The molecule has 2 rings (SSSR count). The van der Waals surface area contributed by atoms with Gasteiger partial charge < -0.3 is 14.4 Å². The number of morpholine rings is 1. The summed E-state index contributed by atoms with van der Waals surface area (Å²) in [5, 5.41) is 9.17.